The van der Waals surface area contributed by atoms with Gasteiger partial charge in [-0.1, -0.05) is 42.5 Å². The van der Waals surface area contributed by atoms with Crippen molar-refractivity contribution in [2.24, 2.45) is 11.7 Å². The molecule has 3 aromatic carbocycles. The van der Waals surface area contributed by atoms with E-state index in [0.717, 1.165) is 53.4 Å². The zero-order valence-electron chi connectivity index (χ0n) is 20.3. The molecular formula is C28H34N2O6. The first-order chi connectivity index (χ1) is 17.4. The summed E-state index contributed by atoms with van der Waals surface area (Å²) in [6.07, 6.45) is 1.73. The number of benzene rings is 3. The van der Waals surface area contributed by atoms with Crippen molar-refractivity contribution in [3.63, 3.8) is 0 Å². The lowest BCUT2D eigenvalue weighted by Gasteiger charge is -2.32. The van der Waals surface area contributed by atoms with Gasteiger partial charge >= 0.3 is 0 Å². The first-order valence-electron chi connectivity index (χ1n) is 12.1. The molecule has 36 heavy (non-hydrogen) atoms. The molecule has 1 saturated heterocycles. The number of piperidine rings is 1. The highest BCUT2D eigenvalue weighted by atomic mass is 16.5. The number of aliphatic hydroxyl groups excluding tert-OH is 2. The van der Waals surface area contributed by atoms with Gasteiger partial charge < -0.3 is 30.7 Å². The van der Waals surface area contributed by atoms with E-state index in [1.165, 1.54) is 0 Å². The molecule has 0 saturated carbocycles. The van der Waals surface area contributed by atoms with Crippen LogP contribution in [0, 0.1) is 5.92 Å². The zero-order valence-corrected chi connectivity index (χ0v) is 20.3. The SMILES string of the molecule is NC(=O)CC1CCN(CC(O)COc2ccc3ccc(-c4ccccc4CO)cc3c2)CC1.O=CO. The van der Waals surface area contributed by atoms with Crippen LogP contribution in [-0.2, 0) is 16.2 Å². The van der Waals surface area contributed by atoms with E-state index in [-0.39, 0.29) is 25.6 Å². The average Bonchev–Trinajstić information content (AvgIpc) is 2.88. The van der Waals surface area contributed by atoms with Crippen molar-refractivity contribution in [3.8, 4) is 16.9 Å². The molecular weight excluding hydrogens is 460 g/mol. The van der Waals surface area contributed by atoms with Crippen molar-refractivity contribution in [1.29, 1.82) is 0 Å². The summed E-state index contributed by atoms with van der Waals surface area (Å²) < 4.78 is 5.90. The number of carbonyl (C=O) groups excluding carboxylic acids is 1. The molecule has 5 N–H and O–H groups in total. The second kappa shape index (κ2) is 13.6. The van der Waals surface area contributed by atoms with E-state index in [9.17, 15) is 15.0 Å². The third-order valence-corrected chi connectivity index (χ3v) is 6.42. The number of carboxylic acid groups (broad SMARTS) is 1. The number of carbonyl (C=O) groups is 2. The van der Waals surface area contributed by atoms with Gasteiger partial charge in [-0.05, 0) is 77.5 Å². The first kappa shape index (κ1) is 27.1. The Morgan fingerprint density at radius 2 is 1.78 bits per heavy atom. The lowest BCUT2D eigenvalue weighted by Crippen LogP contribution is -2.41. The van der Waals surface area contributed by atoms with Crippen molar-refractivity contribution in [2.75, 3.05) is 26.2 Å². The van der Waals surface area contributed by atoms with E-state index < -0.39 is 6.10 Å². The Labute approximate surface area is 210 Å². The molecule has 1 atom stereocenters. The molecule has 0 spiro atoms. The number of primary amides is 1. The molecule has 0 bridgehead atoms. The number of nitrogens with two attached hydrogens (primary N) is 1. The van der Waals surface area contributed by atoms with Crippen molar-refractivity contribution >= 4 is 23.2 Å². The zero-order chi connectivity index (χ0) is 25.9. The summed E-state index contributed by atoms with van der Waals surface area (Å²) in [6, 6.07) is 20.0. The van der Waals surface area contributed by atoms with Crippen LogP contribution in [0.5, 0.6) is 5.75 Å². The molecule has 0 aromatic heterocycles. The number of fused-ring (bicyclic) bond motifs is 1. The number of hydrogen-bond donors (Lipinski definition) is 4. The number of ether oxygens (including phenoxy) is 1. The molecule has 192 valence electrons. The van der Waals surface area contributed by atoms with Crippen LogP contribution in [0.4, 0.5) is 0 Å². The Kier molecular flexibility index (Phi) is 10.2. The van der Waals surface area contributed by atoms with Gasteiger partial charge in [0.1, 0.15) is 18.5 Å². The maximum absolute atomic E-state index is 11.1. The van der Waals surface area contributed by atoms with E-state index in [4.69, 9.17) is 20.4 Å². The Morgan fingerprint density at radius 3 is 2.47 bits per heavy atom. The Bertz CT molecular complexity index is 1140. The Balaban J connectivity index is 0.00000115. The van der Waals surface area contributed by atoms with Gasteiger partial charge in [-0.3, -0.25) is 9.59 Å². The summed E-state index contributed by atoms with van der Waals surface area (Å²) in [5.41, 5.74) is 8.26. The number of likely N-dealkylation sites (tertiary alicyclic amines) is 1. The fraction of sp³-hybridized carbons (Fsp3) is 0.357. The first-order valence-corrected chi connectivity index (χ1v) is 12.1. The summed E-state index contributed by atoms with van der Waals surface area (Å²) in [5.74, 6) is 0.843. The molecule has 1 aliphatic rings. The molecule has 1 amide bonds. The van der Waals surface area contributed by atoms with Crippen molar-refractivity contribution < 1.29 is 29.6 Å². The average molecular weight is 495 g/mol. The molecule has 1 unspecified atom stereocenters. The fourth-order valence-corrected chi connectivity index (χ4v) is 4.62. The number of β-amino-alcohol motifs (C(OH)–C–C–N with tert-alkyl or cyclic N) is 1. The van der Waals surface area contributed by atoms with Crippen LogP contribution in [0.2, 0.25) is 0 Å². The largest absolute Gasteiger partial charge is 0.491 e. The molecule has 1 aliphatic heterocycles. The van der Waals surface area contributed by atoms with Gasteiger partial charge in [-0.2, -0.15) is 0 Å². The van der Waals surface area contributed by atoms with Gasteiger partial charge in [0.2, 0.25) is 5.91 Å². The fourth-order valence-electron chi connectivity index (χ4n) is 4.62. The van der Waals surface area contributed by atoms with Crippen LogP contribution < -0.4 is 10.5 Å². The minimum atomic E-state index is -0.587. The van der Waals surface area contributed by atoms with Crippen LogP contribution in [0.1, 0.15) is 24.8 Å². The summed E-state index contributed by atoms with van der Waals surface area (Å²) in [4.78, 5) is 21.7. The third-order valence-electron chi connectivity index (χ3n) is 6.42. The molecule has 8 nitrogen and oxygen atoms in total. The lowest BCUT2D eigenvalue weighted by atomic mass is 9.93. The third kappa shape index (κ3) is 7.78. The molecule has 8 heteroatoms. The second-order valence-electron chi connectivity index (χ2n) is 9.02. The van der Waals surface area contributed by atoms with Gasteiger partial charge in [0.15, 0.2) is 0 Å². The highest BCUT2D eigenvalue weighted by Gasteiger charge is 2.22. The van der Waals surface area contributed by atoms with E-state index in [1.54, 1.807) is 0 Å². The van der Waals surface area contributed by atoms with Crippen LogP contribution in [-0.4, -0.2) is 64.9 Å². The quantitative estimate of drug-likeness (QED) is 0.336. The molecule has 0 aliphatic carbocycles. The summed E-state index contributed by atoms with van der Waals surface area (Å²) in [5, 5.41) is 29.2. The molecule has 3 aromatic rings. The second-order valence-corrected chi connectivity index (χ2v) is 9.02. The maximum atomic E-state index is 11.1. The summed E-state index contributed by atoms with van der Waals surface area (Å²) in [6.45, 7) is 2.25. The van der Waals surface area contributed by atoms with Crippen LogP contribution in [0.25, 0.3) is 21.9 Å². The normalized spacial score (nSPS) is 15.1. The molecule has 1 fully saturated rings. The van der Waals surface area contributed by atoms with E-state index in [0.29, 0.717) is 24.6 Å². The van der Waals surface area contributed by atoms with Crippen molar-refractivity contribution in [1.82, 2.24) is 4.90 Å². The van der Waals surface area contributed by atoms with Gasteiger partial charge in [-0.25, -0.2) is 0 Å². The summed E-state index contributed by atoms with van der Waals surface area (Å²) >= 11 is 0. The van der Waals surface area contributed by atoms with Crippen LogP contribution in [0.3, 0.4) is 0 Å². The number of amides is 1. The number of nitrogens with zero attached hydrogens (tertiary/aromatic N) is 1. The standard InChI is InChI=1S/C27H32N2O4.CH2O2/c28-27(32)13-19-9-11-29(12-10-19)16-24(31)18-33-25-8-7-20-5-6-21(14-23(20)15-25)26-4-2-1-3-22(26)17-30;2-1-3/h1-8,14-15,19,24,30-31H,9-13,16-18H2,(H2,28,32);1H,(H,2,3). The molecule has 0 radical (unpaired) electrons. The van der Waals surface area contributed by atoms with Crippen LogP contribution in [0.15, 0.2) is 60.7 Å². The van der Waals surface area contributed by atoms with Gasteiger partial charge in [0.05, 0.1) is 6.61 Å². The Hall–Kier alpha value is -3.46. The predicted octanol–water partition coefficient (Wildman–Crippen LogP) is 3.03. The van der Waals surface area contributed by atoms with Gasteiger partial charge in [0, 0.05) is 13.0 Å². The minimum absolute atomic E-state index is 0.00192. The molecule has 1 heterocycles. The minimum Gasteiger partial charge on any atom is -0.491 e. The lowest BCUT2D eigenvalue weighted by molar-refractivity contribution is -0.123. The predicted molar refractivity (Wildman–Crippen MR) is 138 cm³/mol. The summed E-state index contributed by atoms with van der Waals surface area (Å²) in [7, 11) is 0. The molecule has 4 rings (SSSR count). The van der Waals surface area contributed by atoms with E-state index in [2.05, 4.69) is 23.1 Å². The van der Waals surface area contributed by atoms with E-state index in [1.807, 2.05) is 42.5 Å². The topological polar surface area (TPSA) is 133 Å². The Morgan fingerprint density at radius 1 is 1.08 bits per heavy atom. The van der Waals surface area contributed by atoms with E-state index >= 15 is 0 Å². The monoisotopic (exact) mass is 494 g/mol. The van der Waals surface area contributed by atoms with Crippen molar-refractivity contribution in [3.05, 3.63) is 66.2 Å². The number of hydrogen-bond acceptors (Lipinski definition) is 6. The smallest absolute Gasteiger partial charge is 0.290 e. The van der Waals surface area contributed by atoms with Gasteiger partial charge in [-0.15, -0.1) is 0 Å². The van der Waals surface area contributed by atoms with Gasteiger partial charge in [0.25, 0.3) is 6.47 Å². The van der Waals surface area contributed by atoms with Crippen molar-refractivity contribution in [2.45, 2.75) is 32.0 Å². The number of aliphatic hydroxyl groups is 2. The number of rotatable bonds is 9. The van der Waals surface area contributed by atoms with Crippen LogP contribution >= 0.6 is 0 Å². The highest BCUT2D eigenvalue weighted by molar-refractivity contribution is 5.88. The highest BCUT2D eigenvalue weighted by Crippen LogP contribution is 2.29. The maximum Gasteiger partial charge on any atom is 0.290 e.